The monoisotopic (exact) mass is 333 g/mol. The SMILES string of the molecule is CC1(C)OCC(Nc2ccc(I)cc2)CO1. The molecular weight excluding hydrogens is 317 g/mol. The van der Waals surface area contributed by atoms with E-state index in [0.717, 1.165) is 5.69 Å². The summed E-state index contributed by atoms with van der Waals surface area (Å²) in [6.45, 7) is 5.24. The fourth-order valence-corrected chi connectivity index (χ4v) is 1.92. The first kappa shape index (κ1) is 12.1. The molecular formula is C12H16INO2. The predicted molar refractivity (Wildman–Crippen MR) is 72.6 cm³/mol. The average molecular weight is 333 g/mol. The van der Waals surface area contributed by atoms with Crippen molar-refractivity contribution < 1.29 is 9.47 Å². The van der Waals surface area contributed by atoms with Gasteiger partial charge in [-0.2, -0.15) is 0 Å². The van der Waals surface area contributed by atoms with Gasteiger partial charge in [-0.1, -0.05) is 0 Å². The summed E-state index contributed by atoms with van der Waals surface area (Å²) in [7, 11) is 0. The molecule has 1 fully saturated rings. The minimum absolute atomic E-state index is 0.230. The highest BCUT2D eigenvalue weighted by atomic mass is 127. The van der Waals surface area contributed by atoms with Crippen LogP contribution in [-0.2, 0) is 9.47 Å². The largest absolute Gasteiger partial charge is 0.378 e. The van der Waals surface area contributed by atoms with Gasteiger partial charge in [0.25, 0.3) is 0 Å². The third-order valence-corrected chi connectivity index (χ3v) is 3.20. The molecule has 0 spiro atoms. The van der Waals surface area contributed by atoms with Gasteiger partial charge < -0.3 is 14.8 Å². The molecule has 3 nitrogen and oxygen atoms in total. The number of hydrogen-bond donors (Lipinski definition) is 1. The molecule has 0 aliphatic carbocycles. The van der Waals surface area contributed by atoms with Crippen LogP contribution in [0.25, 0.3) is 0 Å². The first-order chi connectivity index (χ1) is 7.55. The molecule has 1 saturated heterocycles. The molecule has 1 heterocycles. The highest BCUT2D eigenvalue weighted by molar-refractivity contribution is 14.1. The van der Waals surface area contributed by atoms with Crippen LogP contribution in [0.2, 0.25) is 0 Å². The topological polar surface area (TPSA) is 30.5 Å². The quantitative estimate of drug-likeness (QED) is 0.845. The standard InChI is InChI=1S/C12H16INO2/c1-12(2)15-7-11(8-16-12)14-10-5-3-9(13)4-6-10/h3-6,11,14H,7-8H2,1-2H3. The van der Waals surface area contributed by atoms with Crippen LogP contribution in [0.4, 0.5) is 5.69 Å². The first-order valence-electron chi connectivity index (χ1n) is 5.35. The van der Waals surface area contributed by atoms with Crippen LogP contribution in [0.1, 0.15) is 13.8 Å². The van der Waals surface area contributed by atoms with Crippen LogP contribution in [-0.4, -0.2) is 25.0 Å². The molecule has 1 aliphatic heterocycles. The number of anilines is 1. The Morgan fingerprint density at radius 2 is 1.75 bits per heavy atom. The van der Waals surface area contributed by atoms with Crippen molar-refractivity contribution in [3.05, 3.63) is 27.8 Å². The van der Waals surface area contributed by atoms with Gasteiger partial charge in [-0.15, -0.1) is 0 Å². The number of benzene rings is 1. The van der Waals surface area contributed by atoms with Crippen LogP contribution in [0.15, 0.2) is 24.3 Å². The van der Waals surface area contributed by atoms with Crippen molar-refractivity contribution in [2.75, 3.05) is 18.5 Å². The summed E-state index contributed by atoms with van der Waals surface area (Å²) < 4.78 is 12.4. The molecule has 4 heteroatoms. The summed E-state index contributed by atoms with van der Waals surface area (Å²) >= 11 is 2.29. The maximum atomic E-state index is 5.59. The van der Waals surface area contributed by atoms with E-state index in [2.05, 4.69) is 52.2 Å². The van der Waals surface area contributed by atoms with Gasteiger partial charge in [0.2, 0.25) is 0 Å². The zero-order valence-electron chi connectivity index (χ0n) is 9.50. The maximum absolute atomic E-state index is 5.59. The Morgan fingerprint density at radius 3 is 2.31 bits per heavy atom. The second kappa shape index (κ2) is 4.89. The minimum atomic E-state index is -0.440. The molecule has 0 unspecified atom stereocenters. The van der Waals surface area contributed by atoms with E-state index in [0.29, 0.717) is 13.2 Å². The molecule has 1 aliphatic rings. The van der Waals surface area contributed by atoms with E-state index < -0.39 is 5.79 Å². The maximum Gasteiger partial charge on any atom is 0.162 e. The van der Waals surface area contributed by atoms with Crippen molar-refractivity contribution in [2.45, 2.75) is 25.7 Å². The zero-order chi connectivity index (χ0) is 11.6. The smallest absolute Gasteiger partial charge is 0.162 e. The Morgan fingerprint density at radius 1 is 1.19 bits per heavy atom. The van der Waals surface area contributed by atoms with Crippen molar-refractivity contribution in [1.82, 2.24) is 0 Å². The van der Waals surface area contributed by atoms with E-state index in [1.807, 2.05) is 13.8 Å². The molecule has 1 aromatic rings. The van der Waals surface area contributed by atoms with Crippen LogP contribution in [0.3, 0.4) is 0 Å². The molecule has 0 bridgehead atoms. The summed E-state index contributed by atoms with van der Waals surface area (Å²) in [5, 5.41) is 3.39. The van der Waals surface area contributed by atoms with Gasteiger partial charge in [-0.3, -0.25) is 0 Å². The van der Waals surface area contributed by atoms with E-state index in [4.69, 9.17) is 9.47 Å². The highest BCUT2D eigenvalue weighted by Crippen LogP contribution is 2.20. The molecule has 0 radical (unpaired) electrons. The number of nitrogens with one attached hydrogen (secondary N) is 1. The summed E-state index contributed by atoms with van der Waals surface area (Å²) in [6, 6.07) is 8.53. The molecule has 88 valence electrons. The van der Waals surface area contributed by atoms with E-state index in [9.17, 15) is 0 Å². The lowest BCUT2D eigenvalue weighted by molar-refractivity contribution is -0.247. The first-order valence-corrected chi connectivity index (χ1v) is 6.43. The summed E-state index contributed by atoms with van der Waals surface area (Å²) in [6.07, 6.45) is 0. The Labute approximate surface area is 110 Å². The lowest BCUT2D eigenvalue weighted by Crippen LogP contribution is -2.45. The van der Waals surface area contributed by atoms with Crippen molar-refractivity contribution in [3.63, 3.8) is 0 Å². The Hall–Kier alpha value is -0.330. The van der Waals surface area contributed by atoms with E-state index in [1.165, 1.54) is 3.57 Å². The minimum Gasteiger partial charge on any atom is -0.378 e. The highest BCUT2D eigenvalue weighted by Gasteiger charge is 2.27. The molecule has 0 aromatic heterocycles. The number of ether oxygens (including phenoxy) is 2. The Bertz CT molecular complexity index is 341. The normalized spacial score (nSPS) is 20.7. The van der Waals surface area contributed by atoms with Gasteiger partial charge in [0, 0.05) is 9.26 Å². The van der Waals surface area contributed by atoms with Gasteiger partial charge in [-0.25, -0.2) is 0 Å². The Kier molecular flexibility index (Phi) is 3.71. The molecule has 1 aromatic carbocycles. The average Bonchev–Trinajstić information content (AvgIpc) is 2.24. The second-order valence-corrected chi connectivity index (χ2v) is 5.62. The molecule has 0 saturated carbocycles. The summed E-state index contributed by atoms with van der Waals surface area (Å²) in [5.74, 6) is -0.440. The van der Waals surface area contributed by atoms with Crippen molar-refractivity contribution in [2.24, 2.45) is 0 Å². The summed E-state index contributed by atoms with van der Waals surface area (Å²) in [5.41, 5.74) is 1.11. The number of rotatable bonds is 2. The van der Waals surface area contributed by atoms with Crippen LogP contribution >= 0.6 is 22.6 Å². The molecule has 1 N–H and O–H groups in total. The van der Waals surface area contributed by atoms with Gasteiger partial charge in [-0.05, 0) is 60.7 Å². The second-order valence-electron chi connectivity index (χ2n) is 4.37. The predicted octanol–water partition coefficient (Wildman–Crippen LogP) is 2.85. The lowest BCUT2D eigenvalue weighted by atomic mass is 10.2. The van der Waals surface area contributed by atoms with Crippen molar-refractivity contribution in [1.29, 1.82) is 0 Å². The van der Waals surface area contributed by atoms with Crippen LogP contribution in [0, 0.1) is 3.57 Å². The van der Waals surface area contributed by atoms with Gasteiger partial charge in [0.05, 0.1) is 19.3 Å². The van der Waals surface area contributed by atoms with Gasteiger partial charge >= 0.3 is 0 Å². The van der Waals surface area contributed by atoms with Gasteiger partial charge in [0.15, 0.2) is 5.79 Å². The number of hydrogen-bond acceptors (Lipinski definition) is 3. The van der Waals surface area contributed by atoms with E-state index in [-0.39, 0.29) is 6.04 Å². The molecule has 2 rings (SSSR count). The third-order valence-electron chi connectivity index (χ3n) is 2.48. The van der Waals surface area contributed by atoms with Crippen LogP contribution in [0.5, 0.6) is 0 Å². The molecule has 0 atom stereocenters. The third kappa shape index (κ3) is 3.33. The molecule has 16 heavy (non-hydrogen) atoms. The molecule has 0 amide bonds. The number of halogens is 1. The van der Waals surface area contributed by atoms with Crippen molar-refractivity contribution in [3.8, 4) is 0 Å². The summed E-state index contributed by atoms with van der Waals surface area (Å²) in [4.78, 5) is 0. The fraction of sp³-hybridized carbons (Fsp3) is 0.500. The lowest BCUT2D eigenvalue weighted by Gasteiger charge is -2.35. The van der Waals surface area contributed by atoms with Crippen molar-refractivity contribution >= 4 is 28.3 Å². The van der Waals surface area contributed by atoms with E-state index >= 15 is 0 Å². The van der Waals surface area contributed by atoms with Crippen LogP contribution < -0.4 is 5.32 Å². The zero-order valence-corrected chi connectivity index (χ0v) is 11.7. The Balaban J connectivity index is 1.89. The fourth-order valence-electron chi connectivity index (χ4n) is 1.56. The van der Waals surface area contributed by atoms with E-state index in [1.54, 1.807) is 0 Å². The van der Waals surface area contributed by atoms with Gasteiger partial charge in [0.1, 0.15) is 0 Å².